The van der Waals surface area contributed by atoms with Crippen molar-refractivity contribution in [1.29, 1.82) is 0 Å². The zero-order chi connectivity index (χ0) is 13.2. The van der Waals surface area contributed by atoms with Gasteiger partial charge in [0.1, 0.15) is 0 Å². The van der Waals surface area contributed by atoms with Crippen molar-refractivity contribution in [2.75, 3.05) is 20.2 Å². The van der Waals surface area contributed by atoms with Crippen LogP contribution in [0.3, 0.4) is 0 Å². The van der Waals surface area contributed by atoms with Crippen molar-refractivity contribution in [3.63, 3.8) is 0 Å². The van der Waals surface area contributed by atoms with Crippen LogP contribution in [0.1, 0.15) is 50.7 Å². The summed E-state index contributed by atoms with van der Waals surface area (Å²) < 4.78 is 5.22. The van der Waals surface area contributed by atoms with E-state index in [9.17, 15) is 0 Å². The van der Waals surface area contributed by atoms with Crippen LogP contribution in [0.2, 0.25) is 0 Å². The zero-order valence-electron chi connectivity index (χ0n) is 11.6. The SMILES string of the molecule is CCCCc1noc(CN(C)CCCCCO)n1. The van der Waals surface area contributed by atoms with Gasteiger partial charge in [-0.25, -0.2) is 0 Å². The maximum Gasteiger partial charge on any atom is 0.240 e. The fourth-order valence-corrected chi connectivity index (χ4v) is 1.77. The van der Waals surface area contributed by atoms with E-state index in [1.165, 1.54) is 0 Å². The van der Waals surface area contributed by atoms with Gasteiger partial charge in [-0.1, -0.05) is 18.5 Å². The topological polar surface area (TPSA) is 62.4 Å². The van der Waals surface area contributed by atoms with E-state index in [2.05, 4.69) is 29.0 Å². The Balaban J connectivity index is 2.22. The summed E-state index contributed by atoms with van der Waals surface area (Å²) in [7, 11) is 2.05. The predicted molar refractivity (Wildman–Crippen MR) is 70.2 cm³/mol. The average molecular weight is 255 g/mol. The summed E-state index contributed by atoms with van der Waals surface area (Å²) in [6.45, 7) is 4.14. The molecule has 0 saturated heterocycles. The molecule has 1 N–H and O–H groups in total. The van der Waals surface area contributed by atoms with Crippen LogP contribution in [0, 0.1) is 0 Å². The highest BCUT2D eigenvalue weighted by atomic mass is 16.5. The number of aliphatic hydroxyl groups excluding tert-OH is 1. The van der Waals surface area contributed by atoms with Gasteiger partial charge < -0.3 is 9.63 Å². The number of hydrogen-bond acceptors (Lipinski definition) is 5. The van der Waals surface area contributed by atoms with Gasteiger partial charge in [0, 0.05) is 13.0 Å². The van der Waals surface area contributed by atoms with Crippen molar-refractivity contribution >= 4 is 0 Å². The van der Waals surface area contributed by atoms with Crippen molar-refractivity contribution in [2.24, 2.45) is 0 Å². The molecule has 5 nitrogen and oxygen atoms in total. The van der Waals surface area contributed by atoms with E-state index in [1.54, 1.807) is 0 Å². The van der Waals surface area contributed by atoms with Gasteiger partial charge in [-0.05, 0) is 39.3 Å². The molecule has 0 aliphatic rings. The lowest BCUT2D eigenvalue weighted by atomic mass is 10.2. The number of aromatic nitrogens is 2. The first-order chi connectivity index (χ1) is 8.76. The van der Waals surface area contributed by atoms with Crippen LogP contribution in [0.4, 0.5) is 0 Å². The summed E-state index contributed by atoms with van der Waals surface area (Å²) in [5.74, 6) is 1.52. The monoisotopic (exact) mass is 255 g/mol. The lowest BCUT2D eigenvalue weighted by Crippen LogP contribution is -2.19. The Bertz CT molecular complexity index is 315. The summed E-state index contributed by atoms with van der Waals surface area (Å²) in [4.78, 5) is 6.55. The van der Waals surface area contributed by atoms with Gasteiger partial charge in [0.15, 0.2) is 5.82 Å². The molecule has 1 rings (SSSR count). The Labute approximate surface area is 109 Å². The number of rotatable bonds is 10. The van der Waals surface area contributed by atoms with Crippen molar-refractivity contribution in [3.05, 3.63) is 11.7 Å². The van der Waals surface area contributed by atoms with E-state index >= 15 is 0 Å². The van der Waals surface area contributed by atoms with E-state index in [0.29, 0.717) is 12.4 Å². The van der Waals surface area contributed by atoms with Crippen molar-refractivity contribution in [1.82, 2.24) is 15.0 Å². The third-order valence-corrected chi connectivity index (χ3v) is 2.87. The highest BCUT2D eigenvalue weighted by Crippen LogP contribution is 2.05. The summed E-state index contributed by atoms with van der Waals surface area (Å²) >= 11 is 0. The number of hydrogen-bond donors (Lipinski definition) is 1. The van der Waals surface area contributed by atoms with Crippen LogP contribution in [0.15, 0.2) is 4.52 Å². The highest BCUT2D eigenvalue weighted by molar-refractivity contribution is 4.86. The number of aryl methyl sites for hydroxylation is 1. The molecule has 0 aromatic carbocycles. The minimum absolute atomic E-state index is 0.286. The van der Waals surface area contributed by atoms with Crippen LogP contribution in [-0.4, -0.2) is 40.3 Å². The summed E-state index contributed by atoms with van der Waals surface area (Å²) in [5, 5.41) is 12.7. The van der Waals surface area contributed by atoms with Gasteiger partial charge in [-0.15, -0.1) is 0 Å². The van der Waals surface area contributed by atoms with Gasteiger partial charge >= 0.3 is 0 Å². The van der Waals surface area contributed by atoms with Crippen LogP contribution < -0.4 is 0 Å². The minimum Gasteiger partial charge on any atom is -0.396 e. The number of unbranched alkanes of at least 4 members (excludes halogenated alkanes) is 3. The van der Waals surface area contributed by atoms with Gasteiger partial charge in [0.25, 0.3) is 0 Å². The number of nitrogens with zero attached hydrogens (tertiary/aromatic N) is 3. The molecule has 0 saturated carbocycles. The quantitative estimate of drug-likeness (QED) is 0.648. The van der Waals surface area contributed by atoms with Crippen molar-refractivity contribution < 1.29 is 9.63 Å². The maximum atomic E-state index is 8.69. The lowest BCUT2D eigenvalue weighted by Gasteiger charge is -2.13. The Morgan fingerprint density at radius 1 is 1.22 bits per heavy atom. The first kappa shape index (κ1) is 15.1. The number of aliphatic hydroxyl groups is 1. The largest absolute Gasteiger partial charge is 0.396 e. The molecule has 0 aliphatic carbocycles. The second-order valence-corrected chi connectivity index (χ2v) is 4.73. The second kappa shape index (κ2) is 9.05. The molecule has 5 heteroatoms. The zero-order valence-corrected chi connectivity index (χ0v) is 11.6. The summed E-state index contributed by atoms with van der Waals surface area (Å²) in [6.07, 6.45) is 6.20. The first-order valence-corrected chi connectivity index (χ1v) is 6.87. The van der Waals surface area contributed by atoms with E-state index in [0.717, 1.165) is 50.9 Å². The summed E-state index contributed by atoms with van der Waals surface area (Å²) in [6, 6.07) is 0. The van der Waals surface area contributed by atoms with Gasteiger partial charge in [-0.3, -0.25) is 4.90 Å². The molecule has 104 valence electrons. The third-order valence-electron chi connectivity index (χ3n) is 2.87. The molecule has 18 heavy (non-hydrogen) atoms. The molecule has 1 aromatic heterocycles. The lowest BCUT2D eigenvalue weighted by molar-refractivity contribution is 0.251. The molecule has 1 aromatic rings. The smallest absolute Gasteiger partial charge is 0.240 e. The minimum atomic E-state index is 0.286. The molecular weight excluding hydrogens is 230 g/mol. The van der Waals surface area contributed by atoms with E-state index < -0.39 is 0 Å². The fourth-order valence-electron chi connectivity index (χ4n) is 1.77. The standard InChI is InChI=1S/C13H25N3O2/c1-3-4-8-12-14-13(18-15-12)11-16(2)9-6-5-7-10-17/h17H,3-11H2,1-2H3. The Hall–Kier alpha value is -0.940. The van der Waals surface area contributed by atoms with Crippen LogP contribution in [0.25, 0.3) is 0 Å². The Kier molecular flexibility index (Phi) is 7.60. The Morgan fingerprint density at radius 3 is 2.78 bits per heavy atom. The van der Waals surface area contributed by atoms with E-state index in [1.807, 2.05) is 0 Å². The molecular formula is C13H25N3O2. The molecule has 0 aliphatic heterocycles. The van der Waals surface area contributed by atoms with Gasteiger partial charge in [0.2, 0.25) is 5.89 Å². The second-order valence-electron chi connectivity index (χ2n) is 4.73. The molecule has 0 atom stereocenters. The van der Waals surface area contributed by atoms with E-state index in [-0.39, 0.29) is 6.61 Å². The normalized spacial score (nSPS) is 11.3. The average Bonchev–Trinajstić information content (AvgIpc) is 2.80. The highest BCUT2D eigenvalue weighted by Gasteiger charge is 2.08. The molecule has 1 heterocycles. The van der Waals surface area contributed by atoms with Crippen LogP contribution in [0.5, 0.6) is 0 Å². The van der Waals surface area contributed by atoms with Gasteiger partial charge in [0.05, 0.1) is 6.54 Å². The first-order valence-electron chi connectivity index (χ1n) is 6.87. The summed E-state index contributed by atoms with van der Waals surface area (Å²) in [5.41, 5.74) is 0. The molecule has 0 bridgehead atoms. The molecule has 0 fully saturated rings. The molecule has 0 unspecified atom stereocenters. The molecule has 0 spiro atoms. The van der Waals surface area contributed by atoms with E-state index in [4.69, 9.17) is 9.63 Å². The van der Waals surface area contributed by atoms with Crippen LogP contribution >= 0.6 is 0 Å². The third kappa shape index (κ3) is 6.12. The maximum absolute atomic E-state index is 8.69. The molecule has 0 radical (unpaired) electrons. The molecule has 0 amide bonds. The predicted octanol–water partition coefficient (Wildman–Crippen LogP) is 2.01. The van der Waals surface area contributed by atoms with Crippen molar-refractivity contribution in [2.45, 2.75) is 52.0 Å². The van der Waals surface area contributed by atoms with Gasteiger partial charge in [-0.2, -0.15) is 4.98 Å². The van der Waals surface area contributed by atoms with Crippen LogP contribution in [-0.2, 0) is 13.0 Å². The van der Waals surface area contributed by atoms with Crippen molar-refractivity contribution in [3.8, 4) is 0 Å². The fraction of sp³-hybridized carbons (Fsp3) is 0.846. The Morgan fingerprint density at radius 2 is 2.06 bits per heavy atom.